The predicted molar refractivity (Wildman–Crippen MR) is 105 cm³/mol. The Hall–Kier alpha value is -1.65. The molecule has 1 saturated carbocycles. The maximum absolute atomic E-state index is 11.2. The molecule has 4 unspecified atom stereocenters. The second-order valence-corrected chi connectivity index (χ2v) is 7.85. The number of esters is 1. The molecule has 1 aliphatic heterocycles. The van der Waals surface area contributed by atoms with E-state index in [0.29, 0.717) is 5.92 Å². The van der Waals surface area contributed by atoms with Gasteiger partial charge in [-0.25, -0.2) is 0 Å². The third kappa shape index (κ3) is 6.78. The van der Waals surface area contributed by atoms with Crippen molar-refractivity contribution in [2.75, 3.05) is 6.61 Å². The van der Waals surface area contributed by atoms with Crippen molar-refractivity contribution in [2.45, 2.75) is 77.3 Å². The summed E-state index contributed by atoms with van der Waals surface area (Å²) in [6.07, 6.45) is 11.4. The number of hydrogen-bond donors (Lipinski definition) is 0. The molecular formula is C23H32O4. The van der Waals surface area contributed by atoms with Gasteiger partial charge in [0, 0.05) is 20.0 Å². The van der Waals surface area contributed by atoms with E-state index in [4.69, 9.17) is 14.2 Å². The van der Waals surface area contributed by atoms with Crippen molar-refractivity contribution in [3.63, 3.8) is 0 Å². The molecular weight excluding hydrogens is 340 g/mol. The average Bonchev–Trinajstić information content (AvgIpc) is 3.07. The summed E-state index contributed by atoms with van der Waals surface area (Å²) in [5.74, 6) is 0.268. The summed E-state index contributed by atoms with van der Waals surface area (Å²) in [4.78, 5) is 11.2. The second kappa shape index (κ2) is 10.0. The van der Waals surface area contributed by atoms with E-state index in [1.54, 1.807) is 0 Å². The van der Waals surface area contributed by atoms with Crippen molar-refractivity contribution >= 4 is 5.97 Å². The molecule has 3 rings (SSSR count). The summed E-state index contributed by atoms with van der Waals surface area (Å²) >= 11 is 0. The van der Waals surface area contributed by atoms with Crippen LogP contribution in [0.2, 0.25) is 0 Å². The van der Waals surface area contributed by atoms with Gasteiger partial charge in [-0.3, -0.25) is 4.79 Å². The Labute approximate surface area is 162 Å². The third-order valence-electron chi connectivity index (χ3n) is 5.34. The van der Waals surface area contributed by atoms with E-state index in [2.05, 4.69) is 43.3 Å². The molecule has 27 heavy (non-hydrogen) atoms. The van der Waals surface area contributed by atoms with Crippen LogP contribution in [0.5, 0.6) is 0 Å². The molecule has 2 fully saturated rings. The van der Waals surface area contributed by atoms with Crippen molar-refractivity contribution in [3.05, 3.63) is 47.5 Å². The van der Waals surface area contributed by atoms with E-state index >= 15 is 0 Å². The normalized spacial score (nSPS) is 27.0. The topological polar surface area (TPSA) is 44.8 Å². The van der Waals surface area contributed by atoms with Gasteiger partial charge in [0.15, 0.2) is 6.29 Å². The van der Waals surface area contributed by atoms with Crippen LogP contribution in [0.3, 0.4) is 0 Å². The Morgan fingerprint density at radius 1 is 1.30 bits per heavy atom. The highest BCUT2D eigenvalue weighted by Crippen LogP contribution is 2.29. The highest BCUT2D eigenvalue weighted by atomic mass is 16.7. The third-order valence-corrected chi connectivity index (χ3v) is 5.34. The van der Waals surface area contributed by atoms with E-state index in [-0.39, 0.29) is 24.5 Å². The lowest BCUT2D eigenvalue weighted by Gasteiger charge is -2.27. The molecule has 1 saturated heterocycles. The van der Waals surface area contributed by atoms with Gasteiger partial charge < -0.3 is 14.2 Å². The number of ether oxygens (including phenoxy) is 3. The first-order valence-corrected chi connectivity index (χ1v) is 10.3. The Bertz CT molecular complexity index is 633. The summed E-state index contributed by atoms with van der Waals surface area (Å²) in [7, 11) is 0. The van der Waals surface area contributed by atoms with Gasteiger partial charge in [0.2, 0.25) is 0 Å². The first kappa shape index (κ1) is 20.1. The summed E-state index contributed by atoms with van der Waals surface area (Å²) in [5, 5.41) is 0. The minimum absolute atomic E-state index is 0.00248. The number of aryl methyl sites for hydroxylation is 1. The number of hydrogen-bond acceptors (Lipinski definition) is 4. The monoisotopic (exact) mass is 372 g/mol. The fourth-order valence-electron chi connectivity index (χ4n) is 4.02. The predicted octanol–water partition coefficient (Wildman–Crippen LogP) is 4.74. The van der Waals surface area contributed by atoms with Gasteiger partial charge in [-0.15, -0.1) is 0 Å². The van der Waals surface area contributed by atoms with Crippen LogP contribution in [-0.2, 0) is 25.4 Å². The molecule has 1 aromatic carbocycles. The van der Waals surface area contributed by atoms with Crippen LogP contribution < -0.4 is 0 Å². The van der Waals surface area contributed by atoms with Gasteiger partial charge in [-0.2, -0.15) is 0 Å². The summed E-state index contributed by atoms with van der Waals surface area (Å²) in [5.41, 5.74) is 2.55. The smallest absolute Gasteiger partial charge is 0.302 e. The van der Waals surface area contributed by atoms with Crippen LogP contribution in [0.1, 0.15) is 56.6 Å². The molecule has 1 heterocycles. The first-order valence-electron chi connectivity index (χ1n) is 10.3. The van der Waals surface area contributed by atoms with Gasteiger partial charge in [0.05, 0.1) is 6.10 Å². The van der Waals surface area contributed by atoms with Crippen LogP contribution >= 0.6 is 0 Å². The Morgan fingerprint density at radius 3 is 2.93 bits per heavy atom. The van der Waals surface area contributed by atoms with Crippen LogP contribution in [0.25, 0.3) is 0 Å². The number of carbonyl (C=O) groups excluding carboxylic acids is 1. The minimum atomic E-state index is -0.181. The van der Waals surface area contributed by atoms with Gasteiger partial charge in [0.1, 0.15) is 6.10 Å². The van der Waals surface area contributed by atoms with Crippen molar-refractivity contribution < 1.29 is 19.0 Å². The maximum Gasteiger partial charge on any atom is 0.302 e. The molecule has 0 N–H and O–H groups in total. The highest BCUT2D eigenvalue weighted by molar-refractivity contribution is 5.66. The molecule has 2 aliphatic rings. The van der Waals surface area contributed by atoms with Crippen LogP contribution in [0.15, 0.2) is 36.4 Å². The van der Waals surface area contributed by atoms with Gasteiger partial charge in [0.25, 0.3) is 0 Å². The Kier molecular flexibility index (Phi) is 7.48. The van der Waals surface area contributed by atoms with E-state index in [1.807, 2.05) is 0 Å². The van der Waals surface area contributed by atoms with E-state index in [9.17, 15) is 4.79 Å². The quantitative estimate of drug-likeness (QED) is 0.512. The van der Waals surface area contributed by atoms with E-state index in [0.717, 1.165) is 51.6 Å². The largest absolute Gasteiger partial charge is 0.463 e. The lowest BCUT2D eigenvalue weighted by Crippen LogP contribution is -2.28. The number of allylic oxidation sites excluding steroid dienone is 1. The lowest BCUT2D eigenvalue weighted by atomic mass is 10.0. The lowest BCUT2D eigenvalue weighted by molar-refractivity contribution is -0.178. The zero-order chi connectivity index (χ0) is 19.1. The molecule has 0 bridgehead atoms. The molecule has 0 amide bonds. The molecule has 148 valence electrons. The SMILES string of the molecule is CC(=O)OC1CCC(C=CC(Cc2cccc(C)c2)OC2CCCCO2)C1. The van der Waals surface area contributed by atoms with Crippen LogP contribution in [-0.4, -0.2) is 31.1 Å². The Balaban J connectivity index is 1.61. The van der Waals surface area contributed by atoms with Crippen molar-refractivity contribution in [1.82, 2.24) is 0 Å². The minimum Gasteiger partial charge on any atom is -0.463 e. The average molecular weight is 373 g/mol. The molecule has 4 nitrogen and oxygen atoms in total. The fourth-order valence-corrected chi connectivity index (χ4v) is 4.02. The van der Waals surface area contributed by atoms with Gasteiger partial charge in [-0.05, 0) is 56.9 Å². The van der Waals surface area contributed by atoms with Crippen molar-refractivity contribution in [3.8, 4) is 0 Å². The van der Waals surface area contributed by atoms with E-state index < -0.39 is 0 Å². The number of benzene rings is 1. The molecule has 0 radical (unpaired) electrons. The summed E-state index contributed by atoms with van der Waals surface area (Å²) < 4.78 is 17.4. The summed E-state index contributed by atoms with van der Waals surface area (Å²) in [6, 6.07) is 8.60. The molecule has 4 heteroatoms. The fraction of sp³-hybridized carbons (Fsp3) is 0.609. The van der Waals surface area contributed by atoms with Crippen LogP contribution in [0, 0.1) is 12.8 Å². The van der Waals surface area contributed by atoms with Crippen LogP contribution in [0.4, 0.5) is 0 Å². The first-order chi connectivity index (χ1) is 13.1. The molecule has 0 aromatic heterocycles. The zero-order valence-corrected chi connectivity index (χ0v) is 16.6. The van der Waals surface area contributed by atoms with Crippen molar-refractivity contribution in [1.29, 1.82) is 0 Å². The molecule has 4 atom stereocenters. The van der Waals surface area contributed by atoms with Crippen molar-refractivity contribution in [2.24, 2.45) is 5.92 Å². The van der Waals surface area contributed by atoms with Gasteiger partial charge >= 0.3 is 5.97 Å². The molecule has 1 aliphatic carbocycles. The number of carbonyl (C=O) groups is 1. The standard InChI is InChI=1S/C23H32O4/c1-17-6-5-7-20(14-17)16-22(27-23-8-3-4-13-25-23)12-10-19-9-11-21(15-19)26-18(2)24/h5-7,10,12,14,19,21-23H,3-4,8-9,11,13,15-16H2,1-2H3. The maximum atomic E-state index is 11.2. The summed E-state index contributed by atoms with van der Waals surface area (Å²) in [6.45, 7) is 4.39. The highest BCUT2D eigenvalue weighted by Gasteiger charge is 2.26. The number of rotatable bonds is 7. The second-order valence-electron chi connectivity index (χ2n) is 7.85. The van der Waals surface area contributed by atoms with E-state index in [1.165, 1.54) is 18.1 Å². The Morgan fingerprint density at radius 2 is 2.19 bits per heavy atom. The van der Waals surface area contributed by atoms with Gasteiger partial charge in [-0.1, -0.05) is 42.0 Å². The molecule has 0 spiro atoms. The molecule has 1 aromatic rings. The zero-order valence-electron chi connectivity index (χ0n) is 16.6.